The van der Waals surface area contributed by atoms with Crippen molar-refractivity contribution in [2.75, 3.05) is 6.54 Å². The van der Waals surface area contributed by atoms with Crippen molar-refractivity contribution in [3.8, 4) is 0 Å². The average molecular weight is 291 g/mol. The number of aliphatic carboxylic acids is 1. The molecule has 0 saturated carbocycles. The van der Waals surface area contributed by atoms with E-state index in [4.69, 9.17) is 5.11 Å². The highest BCUT2D eigenvalue weighted by Crippen LogP contribution is 2.28. The third-order valence-electron chi connectivity index (χ3n) is 2.95. The first-order valence-electron chi connectivity index (χ1n) is 5.48. The van der Waals surface area contributed by atoms with Gasteiger partial charge in [0.2, 0.25) is 10.0 Å². The summed E-state index contributed by atoms with van der Waals surface area (Å²) in [6.45, 7) is -0.210. The molecule has 19 heavy (non-hydrogen) atoms. The van der Waals surface area contributed by atoms with Gasteiger partial charge in [-0.15, -0.1) is 0 Å². The lowest BCUT2D eigenvalue weighted by molar-refractivity contribution is -0.142. The van der Waals surface area contributed by atoms with Gasteiger partial charge in [0, 0.05) is 6.54 Å². The van der Waals surface area contributed by atoms with Crippen molar-refractivity contribution in [2.45, 2.75) is 23.5 Å². The van der Waals surface area contributed by atoms with Gasteiger partial charge in [-0.1, -0.05) is 0 Å². The van der Waals surface area contributed by atoms with Crippen LogP contribution in [-0.2, 0) is 14.8 Å². The Kier molecular flexibility index (Phi) is 3.55. The molecule has 0 spiro atoms. The molecule has 0 radical (unpaired) electrons. The number of hydrogen-bond acceptors (Lipinski definition) is 3. The summed E-state index contributed by atoms with van der Waals surface area (Å²) in [4.78, 5) is 10.7. The summed E-state index contributed by atoms with van der Waals surface area (Å²) >= 11 is 0. The topological polar surface area (TPSA) is 74.7 Å². The summed E-state index contributed by atoms with van der Waals surface area (Å²) in [6.07, 6.45) is -1.91. The van der Waals surface area contributed by atoms with Crippen LogP contribution in [0.5, 0.6) is 0 Å². The summed E-state index contributed by atoms with van der Waals surface area (Å²) in [5.41, 5.74) is 0. The molecular formula is C11H11F2NO4S. The maximum atomic E-state index is 13.5. The van der Waals surface area contributed by atoms with Gasteiger partial charge in [-0.05, 0) is 30.7 Å². The molecule has 1 saturated heterocycles. The number of rotatable bonds is 3. The Morgan fingerprint density at radius 2 is 1.89 bits per heavy atom. The standard InChI is InChI=1S/C11H11F2NO4S/c12-7-1-3-8(4-2-7)19(17,18)14-6-5-9(13)10(14)11(15)16/h1-4,9-10H,5-6H2,(H,15,16). The fraction of sp³-hybridized carbons (Fsp3) is 0.364. The van der Waals surface area contributed by atoms with Crippen LogP contribution in [0.2, 0.25) is 0 Å². The second kappa shape index (κ2) is 4.86. The van der Waals surface area contributed by atoms with E-state index in [0.717, 1.165) is 24.3 Å². The van der Waals surface area contributed by atoms with Gasteiger partial charge in [-0.3, -0.25) is 4.79 Å². The van der Waals surface area contributed by atoms with Crippen LogP contribution < -0.4 is 0 Å². The molecule has 1 aromatic carbocycles. The van der Waals surface area contributed by atoms with E-state index in [1.165, 1.54) is 0 Å². The molecule has 1 heterocycles. The van der Waals surface area contributed by atoms with E-state index in [9.17, 15) is 22.0 Å². The second-order valence-corrected chi connectivity index (χ2v) is 6.05. The first-order chi connectivity index (χ1) is 8.84. The molecule has 1 aliphatic heterocycles. The highest BCUT2D eigenvalue weighted by Gasteiger charge is 2.46. The van der Waals surface area contributed by atoms with Crippen molar-refractivity contribution in [2.24, 2.45) is 0 Å². The van der Waals surface area contributed by atoms with E-state index in [0.29, 0.717) is 4.31 Å². The largest absolute Gasteiger partial charge is 0.480 e. The van der Waals surface area contributed by atoms with Crippen molar-refractivity contribution in [1.29, 1.82) is 0 Å². The van der Waals surface area contributed by atoms with Crippen molar-refractivity contribution in [3.05, 3.63) is 30.1 Å². The predicted molar refractivity (Wildman–Crippen MR) is 61.2 cm³/mol. The first-order valence-corrected chi connectivity index (χ1v) is 6.92. The SMILES string of the molecule is O=C(O)C1C(F)CCN1S(=O)(=O)c1ccc(F)cc1. The number of halogens is 2. The zero-order valence-electron chi connectivity index (χ0n) is 9.66. The zero-order valence-corrected chi connectivity index (χ0v) is 10.5. The van der Waals surface area contributed by atoms with E-state index < -0.39 is 34.0 Å². The monoisotopic (exact) mass is 291 g/mol. The van der Waals surface area contributed by atoms with Crippen molar-refractivity contribution >= 4 is 16.0 Å². The Hall–Kier alpha value is -1.54. The van der Waals surface area contributed by atoms with Gasteiger partial charge in [0.1, 0.15) is 12.0 Å². The van der Waals surface area contributed by atoms with Crippen LogP contribution in [0.4, 0.5) is 8.78 Å². The number of carboxylic acids is 1. The molecule has 0 bridgehead atoms. The fourth-order valence-corrected chi connectivity index (χ4v) is 3.64. The lowest BCUT2D eigenvalue weighted by Crippen LogP contribution is -2.43. The number of alkyl halides is 1. The molecule has 5 nitrogen and oxygen atoms in total. The van der Waals surface area contributed by atoms with Gasteiger partial charge >= 0.3 is 5.97 Å². The summed E-state index contributed by atoms with van der Waals surface area (Å²) < 4.78 is 51.2. The predicted octanol–water partition coefficient (Wildman–Crippen LogP) is 1.01. The molecule has 1 aromatic rings. The molecule has 2 unspecified atom stereocenters. The molecule has 2 rings (SSSR count). The molecule has 2 atom stereocenters. The second-order valence-electron chi connectivity index (χ2n) is 4.16. The minimum absolute atomic E-state index is 0.169. The normalized spacial score (nSPS) is 24.5. The van der Waals surface area contributed by atoms with Gasteiger partial charge in [-0.25, -0.2) is 17.2 Å². The summed E-state index contributed by atoms with van der Waals surface area (Å²) in [7, 11) is -4.14. The van der Waals surface area contributed by atoms with Crippen LogP contribution in [0.1, 0.15) is 6.42 Å². The van der Waals surface area contributed by atoms with E-state index in [1.807, 2.05) is 0 Å². The smallest absolute Gasteiger partial charge is 0.325 e. The summed E-state index contributed by atoms with van der Waals surface area (Å²) in [6, 6.07) is 2.22. The van der Waals surface area contributed by atoms with Crippen molar-refractivity contribution in [3.63, 3.8) is 0 Å². The number of carbonyl (C=O) groups is 1. The van der Waals surface area contributed by atoms with Crippen LogP contribution in [0.3, 0.4) is 0 Å². The molecule has 1 fully saturated rings. The molecule has 104 valence electrons. The van der Waals surface area contributed by atoms with Gasteiger partial charge < -0.3 is 5.11 Å². The Morgan fingerprint density at radius 1 is 1.32 bits per heavy atom. The molecule has 1 N–H and O–H groups in total. The van der Waals surface area contributed by atoms with Crippen LogP contribution >= 0.6 is 0 Å². The number of nitrogens with zero attached hydrogens (tertiary/aromatic N) is 1. The molecule has 0 amide bonds. The Morgan fingerprint density at radius 3 is 2.42 bits per heavy atom. The number of hydrogen-bond donors (Lipinski definition) is 1. The maximum Gasteiger partial charge on any atom is 0.325 e. The minimum atomic E-state index is -4.14. The third kappa shape index (κ3) is 2.45. The van der Waals surface area contributed by atoms with Gasteiger partial charge in [0.25, 0.3) is 0 Å². The number of carboxylic acid groups (broad SMARTS) is 1. The molecule has 1 aliphatic rings. The van der Waals surface area contributed by atoms with Crippen LogP contribution in [0.15, 0.2) is 29.2 Å². The fourth-order valence-electron chi connectivity index (χ4n) is 2.02. The maximum absolute atomic E-state index is 13.5. The lowest BCUT2D eigenvalue weighted by Gasteiger charge is -2.21. The minimum Gasteiger partial charge on any atom is -0.480 e. The third-order valence-corrected chi connectivity index (χ3v) is 4.85. The summed E-state index contributed by atoms with van der Waals surface area (Å²) in [5, 5.41) is 8.90. The lowest BCUT2D eigenvalue weighted by atomic mass is 10.2. The van der Waals surface area contributed by atoms with Crippen LogP contribution in [0, 0.1) is 5.82 Å². The first kappa shape index (κ1) is 13.9. The average Bonchev–Trinajstić information content (AvgIpc) is 2.72. The van der Waals surface area contributed by atoms with E-state index in [2.05, 4.69) is 0 Å². The molecule has 8 heteroatoms. The van der Waals surface area contributed by atoms with Gasteiger partial charge in [-0.2, -0.15) is 4.31 Å². The van der Waals surface area contributed by atoms with Gasteiger partial charge in [0.05, 0.1) is 4.90 Å². The van der Waals surface area contributed by atoms with Gasteiger partial charge in [0.15, 0.2) is 6.04 Å². The van der Waals surface area contributed by atoms with E-state index in [1.54, 1.807) is 0 Å². The number of benzene rings is 1. The Balaban J connectivity index is 2.39. The van der Waals surface area contributed by atoms with E-state index in [-0.39, 0.29) is 17.9 Å². The molecule has 0 aromatic heterocycles. The van der Waals surface area contributed by atoms with Crippen molar-refractivity contribution in [1.82, 2.24) is 4.31 Å². The molecular weight excluding hydrogens is 280 g/mol. The van der Waals surface area contributed by atoms with E-state index >= 15 is 0 Å². The Bertz CT molecular complexity index is 587. The van der Waals surface area contributed by atoms with Crippen LogP contribution in [0.25, 0.3) is 0 Å². The summed E-state index contributed by atoms with van der Waals surface area (Å²) in [5.74, 6) is -2.14. The van der Waals surface area contributed by atoms with Crippen molar-refractivity contribution < 1.29 is 27.1 Å². The highest BCUT2D eigenvalue weighted by molar-refractivity contribution is 7.89. The quantitative estimate of drug-likeness (QED) is 0.902. The Labute approximate surface area is 108 Å². The number of sulfonamides is 1. The zero-order chi connectivity index (χ0) is 14.2. The highest BCUT2D eigenvalue weighted by atomic mass is 32.2. The van der Waals surface area contributed by atoms with Crippen LogP contribution in [-0.4, -0.2) is 42.6 Å². The molecule has 0 aliphatic carbocycles.